The predicted octanol–water partition coefficient (Wildman–Crippen LogP) is 4.48. The second kappa shape index (κ2) is 5.85. The van der Waals surface area contributed by atoms with Crippen LogP contribution in [-0.4, -0.2) is 11.3 Å². The molecule has 0 bridgehead atoms. The molecule has 2 N–H and O–H groups in total. The summed E-state index contributed by atoms with van der Waals surface area (Å²) in [5, 5.41) is 1.43. The summed E-state index contributed by atoms with van der Waals surface area (Å²) >= 11 is 8.16. The zero-order chi connectivity index (χ0) is 13.2. The van der Waals surface area contributed by atoms with Crippen LogP contribution in [0, 0.1) is 5.41 Å². The fourth-order valence-corrected chi connectivity index (χ4v) is 4.42. The molecule has 0 spiro atoms. The molecule has 1 saturated carbocycles. The first kappa shape index (κ1) is 14.2. The number of rotatable bonds is 3. The summed E-state index contributed by atoms with van der Waals surface area (Å²) in [7, 11) is 0. The van der Waals surface area contributed by atoms with Gasteiger partial charge in [0.05, 0.1) is 0 Å². The summed E-state index contributed by atoms with van der Waals surface area (Å²) in [6.07, 6.45) is 3.60. The van der Waals surface area contributed by atoms with Crippen LogP contribution in [0.1, 0.15) is 38.7 Å². The number of benzene rings is 1. The smallest absolute Gasteiger partial charge is 0.0446 e. The van der Waals surface area contributed by atoms with Crippen molar-refractivity contribution in [3.05, 3.63) is 34.9 Å². The Labute approximate surface area is 119 Å². The predicted molar refractivity (Wildman–Crippen MR) is 82.1 cm³/mol. The Morgan fingerprint density at radius 2 is 2.11 bits per heavy atom. The highest BCUT2D eigenvalue weighted by Crippen LogP contribution is 2.40. The second-order valence-corrected chi connectivity index (χ2v) is 7.65. The first-order valence-corrected chi connectivity index (χ1v) is 8.01. The van der Waals surface area contributed by atoms with Crippen LogP contribution < -0.4 is 5.73 Å². The molecule has 1 nitrogen and oxygen atoms in total. The van der Waals surface area contributed by atoms with E-state index in [1.165, 1.54) is 18.4 Å². The molecule has 0 amide bonds. The maximum atomic E-state index is 6.25. The zero-order valence-electron chi connectivity index (χ0n) is 11.2. The van der Waals surface area contributed by atoms with Crippen LogP contribution in [0.5, 0.6) is 0 Å². The van der Waals surface area contributed by atoms with Crippen molar-refractivity contribution in [3.8, 4) is 0 Å². The van der Waals surface area contributed by atoms with Crippen LogP contribution in [0.3, 0.4) is 0 Å². The largest absolute Gasteiger partial charge is 0.327 e. The Morgan fingerprint density at radius 3 is 2.83 bits per heavy atom. The Hall–Kier alpha value is -0.180. The van der Waals surface area contributed by atoms with E-state index in [9.17, 15) is 0 Å². The molecule has 0 saturated heterocycles. The molecule has 1 fully saturated rings. The molecule has 3 heteroatoms. The monoisotopic (exact) mass is 283 g/mol. The van der Waals surface area contributed by atoms with Crippen molar-refractivity contribution >= 4 is 23.4 Å². The van der Waals surface area contributed by atoms with Gasteiger partial charge in [0.15, 0.2) is 0 Å². The minimum absolute atomic E-state index is 0.338. The average molecular weight is 284 g/mol. The van der Waals surface area contributed by atoms with Gasteiger partial charge in [-0.05, 0) is 36.3 Å². The van der Waals surface area contributed by atoms with E-state index >= 15 is 0 Å². The van der Waals surface area contributed by atoms with Gasteiger partial charge in [-0.1, -0.05) is 43.6 Å². The Bertz CT molecular complexity index is 405. The van der Waals surface area contributed by atoms with Gasteiger partial charge in [-0.2, -0.15) is 11.8 Å². The molecule has 100 valence electrons. The van der Waals surface area contributed by atoms with Crippen molar-refractivity contribution in [3.63, 3.8) is 0 Å². The Balaban J connectivity index is 1.95. The van der Waals surface area contributed by atoms with Gasteiger partial charge in [0.1, 0.15) is 0 Å². The van der Waals surface area contributed by atoms with Gasteiger partial charge in [0, 0.05) is 22.1 Å². The minimum Gasteiger partial charge on any atom is -0.327 e. The molecule has 1 aliphatic carbocycles. The molecule has 2 unspecified atom stereocenters. The summed E-state index contributed by atoms with van der Waals surface area (Å²) < 4.78 is 0. The first-order chi connectivity index (χ1) is 8.48. The maximum absolute atomic E-state index is 6.25. The van der Waals surface area contributed by atoms with E-state index in [0.717, 1.165) is 17.2 Å². The van der Waals surface area contributed by atoms with Crippen LogP contribution in [-0.2, 0) is 5.75 Å². The van der Waals surface area contributed by atoms with Gasteiger partial charge < -0.3 is 5.73 Å². The van der Waals surface area contributed by atoms with Crippen LogP contribution in [0.2, 0.25) is 5.02 Å². The minimum atomic E-state index is 0.338. The molecule has 2 rings (SSSR count). The first-order valence-electron chi connectivity index (χ1n) is 6.58. The summed E-state index contributed by atoms with van der Waals surface area (Å²) in [6.45, 7) is 4.70. The molecule has 1 aromatic carbocycles. The van der Waals surface area contributed by atoms with E-state index in [1.807, 2.05) is 30.0 Å². The van der Waals surface area contributed by atoms with E-state index in [4.69, 9.17) is 17.3 Å². The van der Waals surface area contributed by atoms with Crippen molar-refractivity contribution < 1.29 is 0 Å². The van der Waals surface area contributed by atoms with Crippen molar-refractivity contribution in [2.45, 2.75) is 50.2 Å². The molecule has 0 aromatic heterocycles. The normalized spacial score (nSPS) is 27.1. The lowest BCUT2D eigenvalue weighted by atomic mass is 9.75. The lowest BCUT2D eigenvalue weighted by Gasteiger charge is -2.39. The maximum Gasteiger partial charge on any atom is 0.0446 e. The van der Waals surface area contributed by atoms with E-state index in [-0.39, 0.29) is 0 Å². The number of hydrogen-bond acceptors (Lipinski definition) is 2. The van der Waals surface area contributed by atoms with Crippen LogP contribution in [0.4, 0.5) is 0 Å². The number of hydrogen-bond donors (Lipinski definition) is 1. The molecular weight excluding hydrogens is 262 g/mol. The highest BCUT2D eigenvalue weighted by Gasteiger charge is 2.33. The van der Waals surface area contributed by atoms with Crippen LogP contribution in [0.15, 0.2) is 24.3 Å². The average Bonchev–Trinajstić information content (AvgIpc) is 2.32. The van der Waals surface area contributed by atoms with Crippen molar-refractivity contribution in [2.24, 2.45) is 11.1 Å². The lowest BCUT2D eigenvalue weighted by Crippen LogP contribution is -2.41. The van der Waals surface area contributed by atoms with E-state index in [1.54, 1.807) is 0 Å². The van der Waals surface area contributed by atoms with Gasteiger partial charge in [-0.25, -0.2) is 0 Å². The molecule has 0 aliphatic heterocycles. The molecule has 0 radical (unpaired) electrons. The highest BCUT2D eigenvalue weighted by molar-refractivity contribution is 7.99. The van der Waals surface area contributed by atoms with Gasteiger partial charge in [-0.15, -0.1) is 0 Å². The molecule has 18 heavy (non-hydrogen) atoms. The molecule has 1 aliphatic rings. The third-order valence-corrected chi connectivity index (χ3v) is 5.59. The fraction of sp³-hybridized carbons (Fsp3) is 0.600. The number of halogens is 1. The lowest BCUT2D eigenvalue weighted by molar-refractivity contribution is 0.232. The molecule has 2 atom stereocenters. The van der Waals surface area contributed by atoms with Gasteiger partial charge >= 0.3 is 0 Å². The standard InChI is InChI=1S/C15H22ClNS/c1-15(2)8-7-13(17)14(9-15)18-10-11-5-3-4-6-12(11)16/h3-6,13-14H,7-10,17H2,1-2H3. The van der Waals surface area contributed by atoms with E-state index in [0.29, 0.717) is 16.7 Å². The van der Waals surface area contributed by atoms with E-state index in [2.05, 4.69) is 19.9 Å². The summed E-state index contributed by atoms with van der Waals surface area (Å²) in [5.41, 5.74) is 7.91. The Kier molecular flexibility index (Phi) is 4.63. The molecular formula is C15H22ClNS. The van der Waals surface area contributed by atoms with Crippen LogP contribution >= 0.6 is 23.4 Å². The summed E-state index contributed by atoms with van der Waals surface area (Å²) in [5.74, 6) is 0.966. The highest BCUT2D eigenvalue weighted by atomic mass is 35.5. The fourth-order valence-electron chi connectivity index (χ4n) is 2.54. The van der Waals surface area contributed by atoms with Gasteiger partial charge in [0.2, 0.25) is 0 Å². The third kappa shape index (κ3) is 3.66. The van der Waals surface area contributed by atoms with Crippen molar-refractivity contribution in [1.29, 1.82) is 0 Å². The second-order valence-electron chi connectivity index (χ2n) is 6.01. The van der Waals surface area contributed by atoms with Crippen molar-refractivity contribution in [1.82, 2.24) is 0 Å². The van der Waals surface area contributed by atoms with Gasteiger partial charge in [0.25, 0.3) is 0 Å². The zero-order valence-corrected chi connectivity index (χ0v) is 12.7. The summed E-state index contributed by atoms with van der Waals surface area (Å²) in [4.78, 5) is 0. The summed E-state index contributed by atoms with van der Waals surface area (Å²) in [6, 6.07) is 8.43. The quantitative estimate of drug-likeness (QED) is 0.885. The molecule has 0 heterocycles. The number of thioether (sulfide) groups is 1. The van der Waals surface area contributed by atoms with Gasteiger partial charge in [-0.3, -0.25) is 0 Å². The Morgan fingerprint density at radius 1 is 1.39 bits per heavy atom. The third-order valence-electron chi connectivity index (χ3n) is 3.80. The molecule has 1 aromatic rings. The number of nitrogens with two attached hydrogens (primary N) is 1. The van der Waals surface area contributed by atoms with Crippen LogP contribution in [0.25, 0.3) is 0 Å². The van der Waals surface area contributed by atoms with E-state index < -0.39 is 0 Å². The van der Waals surface area contributed by atoms with Crippen molar-refractivity contribution in [2.75, 3.05) is 0 Å². The topological polar surface area (TPSA) is 26.0 Å². The SMILES string of the molecule is CC1(C)CCC(N)C(SCc2ccccc2Cl)C1.